The lowest BCUT2D eigenvalue weighted by Gasteiger charge is -2.44. The molecular weight excluding hydrogens is 504 g/mol. The molecule has 5 rings (SSSR count). The third kappa shape index (κ3) is 5.28. The van der Waals surface area contributed by atoms with Crippen LogP contribution in [0.3, 0.4) is 0 Å². The lowest BCUT2D eigenvalue weighted by Crippen LogP contribution is -2.62. The average molecular weight is 541 g/mol. The molecule has 1 fully saturated rings. The molecule has 0 aliphatic carbocycles. The van der Waals surface area contributed by atoms with Gasteiger partial charge >= 0.3 is 0 Å². The number of hydrogen-bond donors (Lipinski definition) is 3. The van der Waals surface area contributed by atoms with Crippen LogP contribution in [0.15, 0.2) is 67.3 Å². The Kier molecular flexibility index (Phi) is 7.31. The van der Waals surface area contributed by atoms with Crippen molar-refractivity contribution in [3.8, 4) is 5.75 Å². The molecule has 1 saturated heterocycles. The molecule has 2 aromatic carbocycles. The van der Waals surface area contributed by atoms with E-state index in [4.69, 9.17) is 10.1 Å². The first kappa shape index (κ1) is 27.3. The molecule has 208 valence electrons. The highest BCUT2D eigenvalue weighted by molar-refractivity contribution is 6.00. The Morgan fingerprint density at radius 3 is 2.55 bits per heavy atom. The lowest BCUT2D eigenvalue weighted by atomic mass is 9.85. The van der Waals surface area contributed by atoms with Crippen molar-refractivity contribution in [3.05, 3.63) is 89.5 Å². The molecule has 0 saturated carbocycles. The number of hydrogen-bond acceptors (Lipinski definition) is 6. The smallest absolute Gasteiger partial charge is 0.251 e. The summed E-state index contributed by atoms with van der Waals surface area (Å²) in [4.78, 5) is 37.0. The summed E-state index contributed by atoms with van der Waals surface area (Å²) in [6, 6.07) is 14.1. The van der Waals surface area contributed by atoms with Gasteiger partial charge in [0.2, 0.25) is 5.91 Å². The van der Waals surface area contributed by atoms with Crippen molar-refractivity contribution in [2.24, 2.45) is 0 Å². The lowest BCUT2D eigenvalue weighted by molar-refractivity contribution is -0.132. The number of ether oxygens (including phenoxy) is 1. The topological polar surface area (TPSA) is 120 Å². The number of benzene rings is 2. The van der Waals surface area contributed by atoms with E-state index in [1.807, 2.05) is 58.0 Å². The highest BCUT2D eigenvalue weighted by Gasteiger charge is 2.43. The van der Waals surface area contributed by atoms with Gasteiger partial charge in [0, 0.05) is 41.0 Å². The van der Waals surface area contributed by atoms with E-state index in [9.17, 15) is 9.59 Å². The van der Waals surface area contributed by atoms with E-state index >= 15 is 0 Å². The van der Waals surface area contributed by atoms with Crippen molar-refractivity contribution in [2.75, 3.05) is 0 Å². The quantitative estimate of drug-likeness (QED) is 0.392. The van der Waals surface area contributed by atoms with Crippen LogP contribution >= 0.6 is 0 Å². The molecule has 1 aromatic heterocycles. The van der Waals surface area contributed by atoms with E-state index in [1.165, 1.54) is 11.2 Å². The van der Waals surface area contributed by atoms with E-state index in [2.05, 4.69) is 20.6 Å². The van der Waals surface area contributed by atoms with Crippen molar-refractivity contribution in [1.82, 2.24) is 25.5 Å². The number of nitrogens with one attached hydrogen (secondary N) is 3. The summed E-state index contributed by atoms with van der Waals surface area (Å²) in [5.74, 6) is 0.422. The first-order valence-electron chi connectivity index (χ1n) is 13.8. The average Bonchev–Trinajstić information content (AvgIpc) is 2.94. The Bertz CT molecular complexity index is 1400. The van der Waals surface area contributed by atoms with Gasteiger partial charge in [0.25, 0.3) is 5.91 Å². The van der Waals surface area contributed by atoms with Crippen LogP contribution in [-0.2, 0) is 4.79 Å². The second kappa shape index (κ2) is 10.7. The fraction of sp³-hybridized carbons (Fsp3) is 0.387. The molecule has 2 amide bonds. The second-order valence-electron chi connectivity index (χ2n) is 11.2. The van der Waals surface area contributed by atoms with E-state index in [0.717, 1.165) is 24.2 Å². The second-order valence-corrected chi connectivity index (χ2v) is 11.2. The zero-order chi connectivity index (χ0) is 28.5. The summed E-state index contributed by atoms with van der Waals surface area (Å²) < 4.78 is 6.13. The predicted molar refractivity (Wildman–Crippen MR) is 152 cm³/mol. The highest BCUT2D eigenvalue weighted by Crippen LogP contribution is 2.39. The van der Waals surface area contributed by atoms with Gasteiger partial charge in [0.1, 0.15) is 17.7 Å². The molecule has 9 nitrogen and oxygen atoms in total. The Morgan fingerprint density at radius 2 is 1.85 bits per heavy atom. The first-order valence-corrected chi connectivity index (χ1v) is 13.8. The number of carbonyl (C=O) groups excluding carboxylic acids is 2. The minimum Gasteiger partial charge on any atom is -0.487 e. The molecule has 0 radical (unpaired) electrons. The summed E-state index contributed by atoms with van der Waals surface area (Å²) in [7, 11) is 0. The van der Waals surface area contributed by atoms with Crippen molar-refractivity contribution in [3.63, 3.8) is 0 Å². The van der Waals surface area contributed by atoms with E-state index in [1.54, 1.807) is 30.6 Å². The molecule has 3 aromatic rings. The molecule has 2 aliphatic heterocycles. The maximum atomic E-state index is 13.6. The number of guanidine groups is 1. The summed E-state index contributed by atoms with van der Waals surface area (Å²) in [6.45, 7) is 8.07. The molecule has 0 bridgehead atoms. The van der Waals surface area contributed by atoms with Crippen molar-refractivity contribution < 1.29 is 14.3 Å². The van der Waals surface area contributed by atoms with Gasteiger partial charge in [-0.3, -0.25) is 19.9 Å². The van der Waals surface area contributed by atoms with Crippen LogP contribution < -0.4 is 15.4 Å². The summed E-state index contributed by atoms with van der Waals surface area (Å²) in [6.07, 6.45) is 7.07. The maximum Gasteiger partial charge on any atom is 0.251 e. The van der Waals surface area contributed by atoms with Gasteiger partial charge in [0.05, 0.1) is 18.5 Å². The number of fused-ring (bicyclic) bond motifs is 1. The fourth-order valence-electron chi connectivity index (χ4n) is 5.77. The third-order valence-electron chi connectivity index (χ3n) is 8.04. The largest absolute Gasteiger partial charge is 0.487 e. The Morgan fingerprint density at radius 1 is 1.12 bits per heavy atom. The molecule has 0 spiro atoms. The predicted octanol–water partition coefficient (Wildman–Crippen LogP) is 4.91. The SMILES string of the molecule is CCC1(CC)CC(=O)N([C@H](c2cncnc2)c2cccc(C(=O)N[C@H]3CC(C)(C)Oc4ccccc43)c2)C(=N)N1. The number of nitrogens with zero attached hydrogens (tertiary/aromatic N) is 3. The number of carbonyl (C=O) groups is 2. The summed E-state index contributed by atoms with van der Waals surface area (Å²) in [5, 5.41) is 15.3. The van der Waals surface area contributed by atoms with Crippen LogP contribution in [0.2, 0.25) is 0 Å². The van der Waals surface area contributed by atoms with E-state index in [0.29, 0.717) is 23.1 Å². The normalized spacial score (nSPS) is 20.1. The van der Waals surface area contributed by atoms with Gasteiger partial charge in [-0.05, 0) is 50.5 Å². The third-order valence-corrected chi connectivity index (χ3v) is 8.04. The monoisotopic (exact) mass is 540 g/mol. The molecule has 3 heterocycles. The summed E-state index contributed by atoms with van der Waals surface area (Å²) >= 11 is 0. The van der Waals surface area contributed by atoms with Crippen LogP contribution in [0.5, 0.6) is 5.75 Å². The molecule has 9 heteroatoms. The zero-order valence-corrected chi connectivity index (χ0v) is 23.4. The Hall–Kier alpha value is -4.27. The number of aromatic nitrogens is 2. The maximum absolute atomic E-state index is 13.6. The Labute approximate surface area is 234 Å². The zero-order valence-electron chi connectivity index (χ0n) is 23.4. The first-order chi connectivity index (χ1) is 19.1. The van der Waals surface area contributed by atoms with Gasteiger partial charge in [-0.2, -0.15) is 0 Å². The van der Waals surface area contributed by atoms with Gasteiger partial charge in [-0.1, -0.05) is 44.2 Å². The number of rotatable bonds is 7. The van der Waals surface area contributed by atoms with Crippen LogP contribution in [-0.4, -0.2) is 43.8 Å². The van der Waals surface area contributed by atoms with Gasteiger partial charge in [0.15, 0.2) is 5.96 Å². The summed E-state index contributed by atoms with van der Waals surface area (Å²) in [5.41, 5.74) is 1.87. The van der Waals surface area contributed by atoms with Crippen molar-refractivity contribution >= 4 is 17.8 Å². The molecule has 3 N–H and O–H groups in total. The molecule has 0 unspecified atom stereocenters. The fourth-order valence-corrected chi connectivity index (χ4v) is 5.77. The minimum atomic E-state index is -0.670. The van der Waals surface area contributed by atoms with Gasteiger partial charge in [-0.15, -0.1) is 0 Å². The van der Waals surface area contributed by atoms with Crippen LogP contribution in [0, 0.1) is 5.41 Å². The standard InChI is InChI=1S/C31H36N6O3/c1-5-31(6-2)16-26(38)37(29(32)36-31)27(22-17-33-19-34-18-22)20-10-9-11-21(14-20)28(39)35-24-15-30(3,4)40-25-13-8-7-12-23(24)25/h7-14,17-19,24,27H,5-6,15-16H2,1-4H3,(H2,32,36)(H,35,39)/t24-,27-/m0/s1. The van der Waals surface area contributed by atoms with Crippen LogP contribution in [0.1, 0.15) is 92.5 Å². The molecule has 2 aliphatic rings. The molecule has 2 atom stereocenters. The molecular formula is C31H36N6O3. The van der Waals surface area contributed by atoms with Gasteiger partial charge in [-0.25, -0.2) is 9.97 Å². The molecule has 40 heavy (non-hydrogen) atoms. The van der Waals surface area contributed by atoms with Gasteiger partial charge < -0.3 is 15.4 Å². The highest BCUT2D eigenvalue weighted by atomic mass is 16.5. The van der Waals surface area contributed by atoms with Crippen LogP contribution in [0.4, 0.5) is 0 Å². The van der Waals surface area contributed by atoms with Crippen LogP contribution in [0.25, 0.3) is 0 Å². The Balaban J connectivity index is 1.47. The number of para-hydroxylation sites is 1. The minimum absolute atomic E-state index is 0.0321. The van der Waals surface area contributed by atoms with E-state index in [-0.39, 0.29) is 30.2 Å². The van der Waals surface area contributed by atoms with Crippen molar-refractivity contribution in [1.29, 1.82) is 5.41 Å². The van der Waals surface area contributed by atoms with E-state index < -0.39 is 17.2 Å². The number of amides is 2. The van der Waals surface area contributed by atoms with Crippen molar-refractivity contribution in [2.45, 2.75) is 76.6 Å².